The monoisotopic (exact) mass is 449 g/mol. The number of nitrogens with zero attached hydrogens (tertiary/aromatic N) is 2. The molecule has 1 N–H and O–H groups in total. The van der Waals surface area contributed by atoms with E-state index in [1.165, 1.54) is 16.4 Å². The van der Waals surface area contributed by atoms with Crippen molar-refractivity contribution in [2.75, 3.05) is 36.4 Å². The average Bonchev–Trinajstić information content (AvgIpc) is 2.76. The number of halogens is 1. The summed E-state index contributed by atoms with van der Waals surface area (Å²) >= 11 is 5.85. The predicted octanol–water partition coefficient (Wildman–Crippen LogP) is 4.23. The molecule has 3 rings (SSSR count). The number of amides is 1. The van der Waals surface area contributed by atoms with Crippen LogP contribution in [-0.4, -0.2) is 44.8 Å². The molecule has 0 spiro atoms. The fourth-order valence-corrected chi connectivity index (χ4v) is 5.30. The van der Waals surface area contributed by atoms with Crippen LogP contribution in [0.5, 0.6) is 0 Å². The van der Waals surface area contributed by atoms with E-state index in [-0.39, 0.29) is 16.7 Å². The van der Waals surface area contributed by atoms with Gasteiger partial charge in [-0.3, -0.25) is 4.79 Å². The lowest BCUT2D eigenvalue weighted by molar-refractivity contribution is -0.120. The molecule has 6 nitrogen and oxygen atoms in total. The van der Waals surface area contributed by atoms with Gasteiger partial charge in [0.05, 0.1) is 4.90 Å². The molecule has 2 aromatic rings. The molecule has 0 saturated carbocycles. The van der Waals surface area contributed by atoms with Crippen LogP contribution in [-0.2, 0) is 14.8 Å². The van der Waals surface area contributed by atoms with Crippen molar-refractivity contribution in [3.63, 3.8) is 0 Å². The smallest absolute Gasteiger partial charge is 0.243 e. The van der Waals surface area contributed by atoms with Gasteiger partial charge in [0.2, 0.25) is 15.9 Å². The van der Waals surface area contributed by atoms with Crippen molar-refractivity contribution in [3.05, 3.63) is 53.6 Å². The normalized spacial score (nSPS) is 15.7. The van der Waals surface area contributed by atoms with Crippen molar-refractivity contribution >= 4 is 38.9 Å². The summed E-state index contributed by atoms with van der Waals surface area (Å²) in [6.07, 6.45) is 0.992. The largest absolute Gasteiger partial charge is 0.372 e. The van der Waals surface area contributed by atoms with Crippen LogP contribution in [0.25, 0.3) is 0 Å². The summed E-state index contributed by atoms with van der Waals surface area (Å²) < 4.78 is 27.0. The molecule has 0 radical (unpaired) electrons. The van der Waals surface area contributed by atoms with Gasteiger partial charge < -0.3 is 10.2 Å². The molecule has 0 aliphatic carbocycles. The summed E-state index contributed by atoms with van der Waals surface area (Å²) in [5.41, 5.74) is 1.88. The summed E-state index contributed by atoms with van der Waals surface area (Å²) in [6.45, 7) is 6.73. The predicted molar refractivity (Wildman–Crippen MR) is 122 cm³/mol. The van der Waals surface area contributed by atoms with E-state index < -0.39 is 10.0 Å². The maximum atomic E-state index is 12.8. The Bertz CT molecular complexity index is 950. The lowest BCUT2D eigenvalue weighted by Crippen LogP contribution is -2.41. The van der Waals surface area contributed by atoms with E-state index >= 15 is 0 Å². The topological polar surface area (TPSA) is 69.7 Å². The van der Waals surface area contributed by atoms with E-state index in [0.29, 0.717) is 31.0 Å². The SMILES string of the molecule is CCN(CC)c1ccc(NC(=O)C2CCN(S(=O)(=O)c3ccc(Cl)cc3)CC2)cc1. The Morgan fingerprint density at radius 1 is 1.03 bits per heavy atom. The van der Waals surface area contributed by atoms with Crippen LogP contribution in [0.4, 0.5) is 11.4 Å². The first-order chi connectivity index (χ1) is 14.3. The van der Waals surface area contributed by atoms with Gasteiger partial charge in [-0.05, 0) is 75.2 Å². The number of carbonyl (C=O) groups is 1. The van der Waals surface area contributed by atoms with E-state index in [2.05, 4.69) is 24.1 Å². The summed E-state index contributed by atoms with van der Waals surface area (Å²) in [5, 5.41) is 3.46. The van der Waals surface area contributed by atoms with Crippen LogP contribution < -0.4 is 10.2 Å². The molecule has 162 valence electrons. The van der Waals surface area contributed by atoms with Crippen LogP contribution in [0.1, 0.15) is 26.7 Å². The van der Waals surface area contributed by atoms with Crippen LogP contribution >= 0.6 is 11.6 Å². The van der Waals surface area contributed by atoms with Gasteiger partial charge in [-0.25, -0.2) is 8.42 Å². The van der Waals surface area contributed by atoms with Crippen LogP contribution in [0.3, 0.4) is 0 Å². The number of carbonyl (C=O) groups excluding carboxylic acids is 1. The van der Waals surface area contributed by atoms with Crippen LogP contribution in [0.2, 0.25) is 5.02 Å². The minimum absolute atomic E-state index is 0.0610. The molecule has 1 amide bonds. The van der Waals surface area contributed by atoms with Crippen molar-refractivity contribution in [2.24, 2.45) is 5.92 Å². The first-order valence-electron chi connectivity index (χ1n) is 10.3. The van der Waals surface area contributed by atoms with E-state index in [1.54, 1.807) is 12.1 Å². The molecule has 0 bridgehead atoms. The van der Waals surface area contributed by atoms with E-state index in [1.807, 2.05) is 24.3 Å². The third-order valence-corrected chi connectivity index (χ3v) is 7.70. The van der Waals surface area contributed by atoms with E-state index in [4.69, 9.17) is 11.6 Å². The zero-order valence-corrected chi connectivity index (χ0v) is 18.9. The molecule has 0 aromatic heterocycles. The Morgan fingerprint density at radius 2 is 1.60 bits per heavy atom. The van der Waals surface area contributed by atoms with E-state index in [9.17, 15) is 13.2 Å². The number of benzene rings is 2. The third kappa shape index (κ3) is 5.14. The molecule has 1 aliphatic heterocycles. The van der Waals surface area contributed by atoms with Gasteiger partial charge in [0.15, 0.2) is 0 Å². The second-order valence-corrected chi connectivity index (χ2v) is 9.72. The summed E-state index contributed by atoms with van der Waals surface area (Å²) in [4.78, 5) is 15.1. The lowest BCUT2D eigenvalue weighted by atomic mass is 9.97. The number of piperidine rings is 1. The highest BCUT2D eigenvalue weighted by atomic mass is 35.5. The van der Waals surface area contributed by atoms with Gasteiger partial charge >= 0.3 is 0 Å². The van der Waals surface area contributed by atoms with Crippen molar-refractivity contribution in [3.8, 4) is 0 Å². The first-order valence-corrected chi connectivity index (χ1v) is 12.1. The average molecular weight is 450 g/mol. The number of hydrogen-bond donors (Lipinski definition) is 1. The number of anilines is 2. The highest BCUT2D eigenvalue weighted by molar-refractivity contribution is 7.89. The van der Waals surface area contributed by atoms with Gasteiger partial charge in [0.1, 0.15) is 0 Å². The zero-order chi connectivity index (χ0) is 21.7. The summed E-state index contributed by atoms with van der Waals surface area (Å²) in [5.74, 6) is -0.266. The van der Waals surface area contributed by atoms with Gasteiger partial charge in [-0.2, -0.15) is 4.31 Å². The van der Waals surface area contributed by atoms with Crippen molar-refractivity contribution < 1.29 is 13.2 Å². The van der Waals surface area contributed by atoms with E-state index in [0.717, 1.165) is 24.5 Å². The summed E-state index contributed by atoms with van der Waals surface area (Å²) in [7, 11) is -3.57. The van der Waals surface area contributed by atoms with Crippen LogP contribution in [0, 0.1) is 5.92 Å². The molecular formula is C22H28ClN3O3S. The zero-order valence-electron chi connectivity index (χ0n) is 17.3. The second kappa shape index (κ2) is 9.81. The van der Waals surface area contributed by atoms with Gasteiger partial charge in [-0.1, -0.05) is 11.6 Å². The standard InChI is InChI=1S/C22H28ClN3O3S/c1-3-25(4-2)20-9-7-19(8-10-20)24-22(27)17-13-15-26(16-14-17)30(28,29)21-11-5-18(23)6-12-21/h5-12,17H,3-4,13-16H2,1-2H3,(H,24,27). The van der Waals surface area contributed by atoms with Crippen molar-refractivity contribution in [1.82, 2.24) is 4.31 Å². The van der Waals surface area contributed by atoms with Gasteiger partial charge in [0.25, 0.3) is 0 Å². The number of rotatable bonds is 7. The molecule has 2 aromatic carbocycles. The minimum atomic E-state index is -3.57. The molecule has 8 heteroatoms. The molecule has 30 heavy (non-hydrogen) atoms. The molecule has 1 saturated heterocycles. The van der Waals surface area contributed by atoms with Gasteiger partial charge in [0, 0.05) is 48.5 Å². The molecule has 0 unspecified atom stereocenters. The Hall–Kier alpha value is -2.09. The molecule has 1 aliphatic rings. The van der Waals surface area contributed by atoms with Crippen molar-refractivity contribution in [2.45, 2.75) is 31.6 Å². The quantitative estimate of drug-likeness (QED) is 0.686. The Balaban J connectivity index is 1.57. The maximum Gasteiger partial charge on any atom is 0.243 e. The molecule has 1 heterocycles. The van der Waals surface area contributed by atoms with Gasteiger partial charge in [-0.15, -0.1) is 0 Å². The molecule has 1 fully saturated rings. The summed E-state index contributed by atoms with van der Waals surface area (Å²) in [6, 6.07) is 14.0. The highest BCUT2D eigenvalue weighted by Crippen LogP contribution is 2.26. The molecular weight excluding hydrogens is 422 g/mol. The van der Waals surface area contributed by atoms with Crippen LogP contribution in [0.15, 0.2) is 53.4 Å². The Labute approximate surface area is 183 Å². The van der Waals surface area contributed by atoms with Crippen molar-refractivity contribution in [1.29, 1.82) is 0 Å². The minimum Gasteiger partial charge on any atom is -0.372 e. The number of nitrogens with one attached hydrogen (secondary N) is 1. The highest BCUT2D eigenvalue weighted by Gasteiger charge is 2.32. The Morgan fingerprint density at radius 3 is 2.13 bits per heavy atom. The fourth-order valence-electron chi connectivity index (χ4n) is 3.70. The third-order valence-electron chi connectivity index (χ3n) is 5.54. The maximum absolute atomic E-state index is 12.8. The fraction of sp³-hybridized carbons (Fsp3) is 0.409. The number of hydrogen-bond acceptors (Lipinski definition) is 4. The first kappa shape index (κ1) is 22.6. The molecule has 0 atom stereocenters. The number of sulfonamides is 1. The lowest BCUT2D eigenvalue weighted by Gasteiger charge is -2.30. The Kier molecular flexibility index (Phi) is 7.39. The second-order valence-electron chi connectivity index (χ2n) is 7.34.